The van der Waals surface area contributed by atoms with Crippen molar-refractivity contribution in [2.75, 3.05) is 23.7 Å². The topological polar surface area (TPSA) is 114 Å². The molecule has 2 rings (SSSR count). The van der Waals surface area contributed by atoms with E-state index in [1.54, 1.807) is 45.0 Å². The summed E-state index contributed by atoms with van der Waals surface area (Å²) in [5, 5.41) is 4.30. The highest BCUT2D eigenvalue weighted by Gasteiger charge is 2.21. The van der Waals surface area contributed by atoms with E-state index in [1.165, 1.54) is 24.4 Å². The molecule has 9 nitrogen and oxygen atoms in total. The molecule has 0 heterocycles. The number of carbonyl (C=O) groups excluding carboxylic acids is 2. The molecule has 34 heavy (non-hydrogen) atoms. The van der Waals surface area contributed by atoms with E-state index in [-0.39, 0.29) is 22.3 Å². The summed E-state index contributed by atoms with van der Waals surface area (Å²) in [6.07, 6.45) is 2.33. The molecule has 2 aromatic rings. The van der Waals surface area contributed by atoms with Crippen LogP contribution < -0.4 is 14.5 Å². The van der Waals surface area contributed by atoms with Crippen LogP contribution in [0.25, 0.3) is 0 Å². The lowest BCUT2D eigenvalue weighted by Crippen LogP contribution is -2.39. The van der Waals surface area contributed by atoms with Crippen LogP contribution >= 0.6 is 23.2 Å². The van der Waals surface area contributed by atoms with Crippen LogP contribution in [0.4, 0.5) is 5.69 Å². The minimum absolute atomic E-state index is 0.154. The van der Waals surface area contributed by atoms with Crippen LogP contribution in [0.15, 0.2) is 47.6 Å². The molecule has 0 spiro atoms. The molecule has 0 fully saturated rings. The number of esters is 1. The van der Waals surface area contributed by atoms with Crippen molar-refractivity contribution in [2.24, 2.45) is 5.10 Å². The zero-order valence-electron chi connectivity index (χ0n) is 19.0. The van der Waals surface area contributed by atoms with E-state index < -0.39 is 34.0 Å². The van der Waals surface area contributed by atoms with Crippen LogP contribution in [0.5, 0.6) is 5.75 Å². The number of rotatable bonds is 9. The fourth-order valence-corrected chi connectivity index (χ4v) is 3.95. The molecule has 2 aromatic carbocycles. The molecular formula is C22H25Cl2N3O6S. The molecule has 0 saturated heterocycles. The first-order valence-electron chi connectivity index (χ1n) is 9.93. The number of carbonyl (C=O) groups is 2. The molecule has 0 unspecified atom stereocenters. The Morgan fingerprint density at radius 1 is 1.09 bits per heavy atom. The molecule has 0 saturated carbocycles. The second-order valence-corrected chi connectivity index (χ2v) is 10.9. The zero-order valence-corrected chi connectivity index (χ0v) is 21.4. The molecule has 0 aliphatic rings. The third kappa shape index (κ3) is 9.58. The van der Waals surface area contributed by atoms with E-state index in [4.69, 9.17) is 32.7 Å². The number of hydrogen-bond donors (Lipinski definition) is 1. The van der Waals surface area contributed by atoms with Gasteiger partial charge in [0.15, 0.2) is 6.61 Å². The highest BCUT2D eigenvalue weighted by molar-refractivity contribution is 7.92. The second kappa shape index (κ2) is 11.5. The van der Waals surface area contributed by atoms with E-state index in [0.29, 0.717) is 11.3 Å². The summed E-state index contributed by atoms with van der Waals surface area (Å²) in [6, 6.07) is 10.8. The van der Waals surface area contributed by atoms with E-state index in [9.17, 15) is 18.0 Å². The van der Waals surface area contributed by atoms with Gasteiger partial charge < -0.3 is 9.47 Å². The van der Waals surface area contributed by atoms with Gasteiger partial charge >= 0.3 is 5.97 Å². The first kappa shape index (κ1) is 27.4. The summed E-state index contributed by atoms with van der Waals surface area (Å²) in [7, 11) is -3.79. The number of benzene rings is 2. The number of hydrazone groups is 1. The average molecular weight is 530 g/mol. The van der Waals surface area contributed by atoms with Gasteiger partial charge in [0.05, 0.1) is 18.2 Å². The maximum Gasteiger partial charge on any atom is 0.344 e. The van der Waals surface area contributed by atoms with Gasteiger partial charge in [-0.05, 0) is 68.8 Å². The van der Waals surface area contributed by atoms with Crippen molar-refractivity contribution < 1.29 is 27.5 Å². The largest absolute Gasteiger partial charge is 0.482 e. The number of halogens is 2. The Labute approximate surface area is 208 Å². The SMILES string of the molecule is CC(C)(C)OC(=O)COc1ccc(/C=N\NC(=O)CN(c2cc(Cl)cc(Cl)c2)S(C)(=O)=O)cc1. The van der Waals surface area contributed by atoms with Crippen molar-refractivity contribution in [3.05, 3.63) is 58.1 Å². The minimum Gasteiger partial charge on any atom is -0.482 e. The van der Waals surface area contributed by atoms with E-state index in [0.717, 1.165) is 10.6 Å². The summed E-state index contributed by atoms with van der Waals surface area (Å²) < 4.78 is 35.7. The molecule has 0 aromatic heterocycles. The molecule has 0 aliphatic carbocycles. The number of ether oxygens (including phenoxy) is 2. The standard InChI is InChI=1S/C22H25Cl2N3O6S/c1-22(2,3)33-21(29)14-32-19-7-5-15(6-8-19)12-25-26-20(28)13-27(34(4,30)31)18-10-16(23)9-17(24)11-18/h5-12H,13-14H2,1-4H3,(H,26,28)/b25-12-. The van der Waals surface area contributed by atoms with Crippen molar-refractivity contribution in [2.45, 2.75) is 26.4 Å². The van der Waals surface area contributed by atoms with Gasteiger partial charge in [-0.2, -0.15) is 5.10 Å². The number of amides is 1. The Balaban J connectivity index is 1.94. The summed E-state index contributed by atoms with van der Waals surface area (Å²) in [4.78, 5) is 24.0. The second-order valence-electron chi connectivity index (χ2n) is 8.13. The van der Waals surface area contributed by atoms with Gasteiger partial charge in [0.2, 0.25) is 10.0 Å². The third-order valence-electron chi connectivity index (χ3n) is 3.88. The predicted octanol–water partition coefficient (Wildman–Crippen LogP) is 3.63. The van der Waals surface area contributed by atoms with Gasteiger partial charge in [0.1, 0.15) is 17.9 Å². The molecule has 0 atom stereocenters. The van der Waals surface area contributed by atoms with Gasteiger partial charge in [-0.3, -0.25) is 9.10 Å². The van der Waals surface area contributed by atoms with Crippen LogP contribution in [-0.4, -0.2) is 51.5 Å². The molecule has 184 valence electrons. The van der Waals surface area contributed by atoms with Crippen LogP contribution in [0.2, 0.25) is 10.0 Å². The highest BCUT2D eigenvalue weighted by Crippen LogP contribution is 2.26. The van der Waals surface area contributed by atoms with Crippen molar-refractivity contribution in [1.82, 2.24) is 5.43 Å². The number of anilines is 1. The zero-order chi connectivity index (χ0) is 25.5. The summed E-state index contributed by atoms with van der Waals surface area (Å²) in [6.45, 7) is 4.55. The third-order valence-corrected chi connectivity index (χ3v) is 5.46. The van der Waals surface area contributed by atoms with Gasteiger partial charge in [0.25, 0.3) is 5.91 Å². The minimum atomic E-state index is -3.79. The van der Waals surface area contributed by atoms with Crippen molar-refractivity contribution >= 4 is 57.0 Å². The summed E-state index contributed by atoms with van der Waals surface area (Å²) in [5.41, 5.74) is 2.47. The predicted molar refractivity (Wildman–Crippen MR) is 132 cm³/mol. The Morgan fingerprint density at radius 3 is 2.21 bits per heavy atom. The van der Waals surface area contributed by atoms with Crippen molar-refractivity contribution in [3.63, 3.8) is 0 Å². The molecule has 0 aliphatic heterocycles. The van der Waals surface area contributed by atoms with Gasteiger partial charge in [-0.25, -0.2) is 18.6 Å². The number of nitrogens with one attached hydrogen (secondary N) is 1. The molecule has 0 bridgehead atoms. The Bertz CT molecular complexity index is 1140. The van der Waals surface area contributed by atoms with Crippen molar-refractivity contribution in [1.29, 1.82) is 0 Å². The quantitative estimate of drug-likeness (QED) is 0.301. The van der Waals surface area contributed by atoms with E-state index in [1.807, 2.05) is 0 Å². The summed E-state index contributed by atoms with van der Waals surface area (Å²) >= 11 is 11.9. The molecule has 12 heteroatoms. The number of nitrogens with zero attached hydrogens (tertiary/aromatic N) is 2. The van der Waals surface area contributed by atoms with Gasteiger partial charge in [-0.15, -0.1) is 0 Å². The fraction of sp³-hybridized carbons (Fsp3) is 0.318. The molecule has 1 amide bonds. The molecular weight excluding hydrogens is 505 g/mol. The lowest BCUT2D eigenvalue weighted by Gasteiger charge is -2.21. The Kier molecular flexibility index (Phi) is 9.31. The Morgan fingerprint density at radius 2 is 1.68 bits per heavy atom. The molecule has 0 radical (unpaired) electrons. The average Bonchev–Trinajstić information content (AvgIpc) is 2.68. The van der Waals surface area contributed by atoms with Gasteiger partial charge in [-0.1, -0.05) is 23.2 Å². The monoisotopic (exact) mass is 529 g/mol. The number of hydrogen-bond acceptors (Lipinski definition) is 7. The van der Waals surface area contributed by atoms with Crippen LogP contribution in [0, 0.1) is 0 Å². The highest BCUT2D eigenvalue weighted by atomic mass is 35.5. The molecule has 1 N–H and O–H groups in total. The van der Waals surface area contributed by atoms with E-state index >= 15 is 0 Å². The smallest absolute Gasteiger partial charge is 0.344 e. The lowest BCUT2D eigenvalue weighted by molar-refractivity contribution is -0.157. The van der Waals surface area contributed by atoms with Crippen molar-refractivity contribution in [3.8, 4) is 5.75 Å². The first-order valence-corrected chi connectivity index (χ1v) is 12.5. The van der Waals surface area contributed by atoms with E-state index in [2.05, 4.69) is 10.5 Å². The lowest BCUT2D eigenvalue weighted by atomic mass is 10.2. The number of sulfonamides is 1. The summed E-state index contributed by atoms with van der Waals surface area (Å²) in [5.74, 6) is -0.699. The first-order chi connectivity index (χ1) is 15.7. The fourth-order valence-electron chi connectivity index (χ4n) is 2.59. The maximum atomic E-state index is 12.3. The Hall–Kier alpha value is -2.82. The van der Waals surface area contributed by atoms with Crippen LogP contribution in [-0.2, 0) is 24.3 Å². The normalized spacial score (nSPS) is 11.8. The van der Waals surface area contributed by atoms with Gasteiger partial charge in [0, 0.05) is 10.0 Å². The maximum absolute atomic E-state index is 12.3. The van der Waals surface area contributed by atoms with Crippen LogP contribution in [0.3, 0.4) is 0 Å². The van der Waals surface area contributed by atoms with Crippen LogP contribution in [0.1, 0.15) is 26.3 Å².